The maximum atomic E-state index is 12.4. The number of nitrogens with zero attached hydrogens (tertiary/aromatic N) is 2. The molecule has 0 unspecified atom stereocenters. The molecule has 0 atom stereocenters. The van der Waals surface area contributed by atoms with Crippen molar-refractivity contribution < 1.29 is 9.53 Å². The molecule has 0 radical (unpaired) electrons. The number of amides is 1. The summed E-state index contributed by atoms with van der Waals surface area (Å²) < 4.78 is 5.62. The van der Waals surface area contributed by atoms with Gasteiger partial charge in [-0.15, -0.1) is 0 Å². The Morgan fingerprint density at radius 2 is 1.68 bits per heavy atom. The molecule has 0 aliphatic rings. The van der Waals surface area contributed by atoms with Crippen molar-refractivity contribution in [1.82, 2.24) is 9.97 Å². The standard InChI is InChI=1S/C22H24N4O2/c1-14(2)28-19-8-6-18(7-9-19)25-22-23-12-17(13-24-22)21(27)26-20-10-5-15(3)11-16(20)4/h5-14H,1-4H3,(H,26,27)(H,23,24,25). The first-order valence-corrected chi connectivity index (χ1v) is 9.15. The van der Waals surface area contributed by atoms with Gasteiger partial charge in [0.15, 0.2) is 0 Å². The minimum Gasteiger partial charge on any atom is -0.491 e. The zero-order valence-corrected chi connectivity index (χ0v) is 16.5. The SMILES string of the molecule is Cc1ccc(NC(=O)c2cnc(Nc3ccc(OC(C)C)cc3)nc2)c(C)c1. The fourth-order valence-electron chi connectivity index (χ4n) is 2.68. The molecule has 0 bridgehead atoms. The van der Waals surface area contributed by atoms with E-state index in [1.54, 1.807) is 0 Å². The second-order valence-electron chi connectivity index (χ2n) is 6.88. The van der Waals surface area contributed by atoms with E-state index in [1.165, 1.54) is 12.4 Å². The van der Waals surface area contributed by atoms with E-state index in [1.807, 2.05) is 70.2 Å². The summed E-state index contributed by atoms with van der Waals surface area (Å²) in [5.74, 6) is 0.981. The number of aryl methyl sites for hydroxylation is 2. The first-order valence-electron chi connectivity index (χ1n) is 9.15. The van der Waals surface area contributed by atoms with Gasteiger partial charge >= 0.3 is 0 Å². The number of hydrogen-bond acceptors (Lipinski definition) is 5. The van der Waals surface area contributed by atoms with Crippen LogP contribution in [0.1, 0.15) is 35.3 Å². The van der Waals surface area contributed by atoms with Gasteiger partial charge in [-0.3, -0.25) is 4.79 Å². The smallest absolute Gasteiger partial charge is 0.258 e. The molecular weight excluding hydrogens is 352 g/mol. The predicted molar refractivity (Wildman–Crippen MR) is 111 cm³/mol. The summed E-state index contributed by atoms with van der Waals surface area (Å²) in [6.07, 6.45) is 3.14. The molecular formula is C22H24N4O2. The Morgan fingerprint density at radius 3 is 2.29 bits per heavy atom. The maximum absolute atomic E-state index is 12.4. The number of anilines is 3. The fraction of sp³-hybridized carbons (Fsp3) is 0.227. The molecule has 144 valence electrons. The zero-order chi connectivity index (χ0) is 20.1. The van der Waals surface area contributed by atoms with Gasteiger partial charge in [0.1, 0.15) is 5.75 Å². The number of carbonyl (C=O) groups excluding carboxylic acids is 1. The summed E-state index contributed by atoms with van der Waals surface area (Å²) in [5.41, 5.74) is 4.17. The summed E-state index contributed by atoms with van der Waals surface area (Å²) in [5, 5.41) is 6.00. The van der Waals surface area contributed by atoms with Crippen LogP contribution in [0, 0.1) is 13.8 Å². The van der Waals surface area contributed by atoms with Crippen molar-refractivity contribution in [2.75, 3.05) is 10.6 Å². The minimum absolute atomic E-state index is 0.129. The van der Waals surface area contributed by atoms with Gasteiger partial charge in [-0.2, -0.15) is 0 Å². The maximum Gasteiger partial charge on any atom is 0.258 e. The van der Waals surface area contributed by atoms with E-state index in [0.717, 1.165) is 28.3 Å². The van der Waals surface area contributed by atoms with E-state index in [4.69, 9.17) is 4.74 Å². The van der Waals surface area contributed by atoms with Gasteiger partial charge < -0.3 is 15.4 Å². The molecule has 6 heteroatoms. The lowest BCUT2D eigenvalue weighted by Gasteiger charge is -2.11. The average molecular weight is 376 g/mol. The van der Waals surface area contributed by atoms with Crippen LogP contribution in [0.5, 0.6) is 5.75 Å². The molecule has 3 rings (SSSR count). The minimum atomic E-state index is -0.242. The summed E-state index contributed by atoms with van der Waals surface area (Å²) in [4.78, 5) is 20.9. The second kappa shape index (κ2) is 8.52. The van der Waals surface area contributed by atoms with Crippen LogP contribution < -0.4 is 15.4 Å². The number of hydrogen-bond donors (Lipinski definition) is 2. The molecule has 0 saturated carbocycles. The van der Waals surface area contributed by atoms with Crippen LogP contribution in [0.25, 0.3) is 0 Å². The van der Waals surface area contributed by atoms with E-state index in [2.05, 4.69) is 20.6 Å². The van der Waals surface area contributed by atoms with Crippen LogP contribution in [-0.4, -0.2) is 22.0 Å². The molecule has 1 heterocycles. The quantitative estimate of drug-likeness (QED) is 0.641. The molecule has 1 amide bonds. The van der Waals surface area contributed by atoms with Crippen molar-refractivity contribution >= 4 is 23.2 Å². The molecule has 3 aromatic rings. The number of benzene rings is 2. The lowest BCUT2D eigenvalue weighted by Crippen LogP contribution is -2.14. The average Bonchev–Trinajstić information content (AvgIpc) is 2.66. The van der Waals surface area contributed by atoms with E-state index >= 15 is 0 Å². The number of nitrogens with one attached hydrogen (secondary N) is 2. The molecule has 28 heavy (non-hydrogen) atoms. The number of aromatic nitrogens is 2. The Kier molecular flexibility index (Phi) is 5.89. The number of ether oxygens (including phenoxy) is 1. The molecule has 2 N–H and O–H groups in total. The Balaban J connectivity index is 1.63. The van der Waals surface area contributed by atoms with Crippen molar-refractivity contribution in [3.63, 3.8) is 0 Å². The number of rotatable bonds is 6. The van der Waals surface area contributed by atoms with Gasteiger partial charge in [0.25, 0.3) is 5.91 Å². The van der Waals surface area contributed by atoms with Gasteiger partial charge in [0.05, 0.1) is 11.7 Å². The highest BCUT2D eigenvalue weighted by atomic mass is 16.5. The fourth-order valence-corrected chi connectivity index (χ4v) is 2.68. The number of carbonyl (C=O) groups is 1. The summed E-state index contributed by atoms with van der Waals surface area (Å²) in [6, 6.07) is 13.4. The molecule has 0 saturated heterocycles. The summed E-state index contributed by atoms with van der Waals surface area (Å²) in [7, 11) is 0. The van der Waals surface area contributed by atoms with E-state index in [9.17, 15) is 4.79 Å². The zero-order valence-electron chi connectivity index (χ0n) is 16.5. The van der Waals surface area contributed by atoms with E-state index in [-0.39, 0.29) is 12.0 Å². The summed E-state index contributed by atoms with van der Waals surface area (Å²) in [6.45, 7) is 7.95. The topological polar surface area (TPSA) is 76.1 Å². The van der Waals surface area contributed by atoms with Crippen molar-refractivity contribution in [2.45, 2.75) is 33.8 Å². The third-order valence-electron chi connectivity index (χ3n) is 4.03. The first-order chi connectivity index (χ1) is 13.4. The van der Waals surface area contributed by atoms with Crippen molar-refractivity contribution in [3.05, 3.63) is 71.5 Å². The van der Waals surface area contributed by atoms with Gasteiger partial charge in [-0.1, -0.05) is 17.7 Å². The summed E-state index contributed by atoms with van der Waals surface area (Å²) >= 11 is 0. The lowest BCUT2D eigenvalue weighted by atomic mass is 10.1. The molecule has 1 aromatic heterocycles. The highest BCUT2D eigenvalue weighted by Gasteiger charge is 2.09. The Morgan fingerprint density at radius 1 is 1.00 bits per heavy atom. The molecule has 0 aliphatic carbocycles. The lowest BCUT2D eigenvalue weighted by molar-refractivity contribution is 0.102. The van der Waals surface area contributed by atoms with Crippen LogP contribution in [-0.2, 0) is 0 Å². The monoisotopic (exact) mass is 376 g/mol. The van der Waals surface area contributed by atoms with E-state index in [0.29, 0.717) is 11.5 Å². The Labute approximate surface area is 165 Å². The molecule has 6 nitrogen and oxygen atoms in total. The Bertz CT molecular complexity index is 951. The van der Waals surface area contributed by atoms with Crippen molar-refractivity contribution in [2.24, 2.45) is 0 Å². The second-order valence-corrected chi connectivity index (χ2v) is 6.88. The van der Waals surface area contributed by atoms with Crippen molar-refractivity contribution in [1.29, 1.82) is 0 Å². The molecule has 2 aromatic carbocycles. The van der Waals surface area contributed by atoms with Crippen LogP contribution in [0.3, 0.4) is 0 Å². The van der Waals surface area contributed by atoms with Crippen LogP contribution in [0.2, 0.25) is 0 Å². The molecule has 0 aliphatic heterocycles. The van der Waals surface area contributed by atoms with E-state index < -0.39 is 0 Å². The third-order valence-corrected chi connectivity index (χ3v) is 4.03. The van der Waals surface area contributed by atoms with Gasteiger partial charge in [-0.05, 0) is 63.6 Å². The van der Waals surface area contributed by atoms with Gasteiger partial charge in [0.2, 0.25) is 5.95 Å². The van der Waals surface area contributed by atoms with Gasteiger partial charge in [0, 0.05) is 23.8 Å². The largest absolute Gasteiger partial charge is 0.491 e. The molecule has 0 spiro atoms. The molecule has 0 fully saturated rings. The van der Waals surface area contributed by atoms with Gasteiger partial charge in [-0.25, -0.2) is 9.97 Å². The normalized spacial score (nSPS) is 10.6. The van der Waals surface area contributed by atoms with Crippen LogP contribution >= 0.6 is 0 Å². The van der Waals surface area contributed by atoms with Crippen LogP contribution in [0.4, 0.5) is 17.3 Å². The predicted octanol–water partition coefficient (Wildman–Crippen LogP) is 4.88. The Hall–Kier alpha value is -3.41. The van der Waals surface area contributed by atoms with Crippen LogP contribution in [0.15, 0.2) is 54.9 Å². The van der Waals surface area contributed by atoms with Crippen molar-refractivity contribution in [3.8, 4) is 5.75 Å². The highest BCUT2D eigenvalue weighted by molar-refractivity contribution is 6.04. The third kappa shape index (κ3) is 5.07. The first kappa shape index (κ1) is 19.4. The highest BCUT2D eigenvalue weighted by Crippen LogP contribution is 2.20.